The Balaban J connectivity index is 1.85. The highest BCUT2D eigenvalue weighted by atomic mass is 16.5. The van der Waals surface area contributed by atoms with E-state index >= 15 is 0 Å². The summed E-state index contributed by atoms with van der Waals surface area (Å²) < 4.78 is 4.95. The summed E-state index contributed by atoms with van der Waals surface area (Å²) >= 11 is 0. The van der Waals surface area contributed by atoms with Crippen LogP contribution in [-0.4, -0.2) is 27.1 Å². The molecule has 0 radical (unpaired) electrons. The van der Waals surface area contributed by atoms with Gasteiger partial charge in [0.15, 0.2) is 11.9 Å². The first-order valence-electron chi connectivity index (χ1n) is 6.92. The van der Waals surface area contributed by atoms with Crippen molar-refractivity contribution >= 4 is 11.9 Å². The highest BCUT2D eigenvalue weighted by Gasteiger charge is 2.21. The van der Waals surface area contributed by atoms with Crippen molar-refractivity contribution < 1.29 is 19.2 Å². The summed E-state index contributed by atoms with van der Waals surface area (Å²) in [5, 5.41) is 15.4. The van der Waals surface area contributed by atoms with Crippen LogP contribution in [0.25, 0.3) is 0 Å². The topological polar surface area (TPSA) is 105 Å². The molecule has 0 saturated carbocycles. The number of rotatable bonds is 7. The van der Waals surface area contributed by atoms with Gasteiger partial charge in [0.25, 0.3) is 0 Å². The van der Waals surface area contributed by atoms with Gasteiger partial charge in [0.05, 0.1) is 0 Å². The summed E-state index contributed by atoms with van der Waals surface area (Å²) in [5.41, 5.74) is 0.538. The third-order valence-corrected chi connectivity index (χ3v) is 3.05. The van der Waals surface area contributed by atoms with E-state index in [1.807, 2.05) is 0 Å². The number of carboxylic acids is 1. The summed E-state index contributed by atoms with van der Waals surface area (Å²) in [7, 11) is 0. The molecule has 1 atom stereocenters. The zero-order chi connectivity index (χ0) is 15.9. The standard InChI is InChI=1S/C15H17N3O4/c1-10-16-13(22-18-10)9-5-8-12(19)17-14(15(20)21)11-6-3-2-4-7-11/h2-4,6-7,14H,5,8-9H2,1H3,(H,17,19)(H,20,21)/t14-/m0/s1. The predicted molar refractivity (Wildman–Crippen MR) is 76.9 cm³/mol. The Kier molecular flexibility index (Phi) is 5.24. The molecule has 0 bridgehead atoms. The number of hydrogen-bond donors (Lipinski definition) is 2. The number of carbonyl (C=O) groups excluding carboxylic acids is 1. The molecule has 2 N–H and O–H groups in total. The molecule has 116 valence electrons. The lowest BCUT2D eigenvalue weighted by molar-refractivity contribution is -0.142. The van der Waals surface area contributed by atoms with Crippen molar-refractivity contribution in [1.29, 1.82) is 0 Å². The molecule has 1 aromatic carbocycles. The van der Waals surface area contributed by atoms with Gasteiger partial charge in [-0.3, -0.25) is 4.79 Å². The maximum Gasteiger partial charge on any atom is 0.330 e. The Hall–Kier alpha value is -2.70. The Morgan fingerprint density at radius 1 is 1.32 bits per heavy atom. The molecule has 2 aromatic rings. The Morgan fingerprint density at radius 2 is 2.05 bits per heavy atom. The second kappa shape index (κ2) is 7.35. The van der Waals surface area contributed by atoms with Crippen LogP contribution in [0.3, 0.4) is 0 Å². The average Bonchev–Trinajstić information content (AvgIpc) is 2.91. The van der Waals surface area contributed by atoms with Gasteiger partial charge in [-0.1, -0.05) is 35.5 Å². The molecule has 0 aliphatic heterocycles. The maximum atomic E-state index is 11.9. The van der Waals surface area contributed by atoms with Gasteiger partial charge in [-0.15, -0.1) is 0 Å². The number of carbonyl (C=O) groups is 2. The molecule has 1 heterocycles. The van der Waals surface area contributed by atoms with Crippen molar-refractivity contribution in [2.24, 2.45) is 0 Å². The van der Waals surface area contributed by atoms with Gasteiger partial charge in [0, 0.05) is 12.8 Å². The number of aliphatic carboxylic acids is 1. The first kappa shape index (κ1) is 15.7. The number of aryl methyl sites for hydroxylation is 2. The highest BCUT2D eigenvalue weighted by molar-refractivity contribution is 5.84. The van der Waals surface area contributed by atoms with Crippen LogP contribution in [0.2, 0.25) is 0 Å². The molecule has 7 heteroatoms. The van der Waals surface area contributed by atoms with Crippen LogP contribution in [-0.2, 0) is 16.0 Å². The molecule has 22 heavy (non-hydrogen) atoms. The van der Waals surface area contributed by atoms with E-state index in [0.717, 1.165) is 0 Å². The Labute approximate surface area is 127 Å². The molecule has 7 nitrogen and oxygen atoms in total. The fourth-order valence-electron chi connectivity index (χ4n) is 2.01. The molecule has 2 rings (SSSR count). The van der Waals surface area contributed by atoms with Crippen LogP contribution in [0.1, 0.15) is 36.2 Å². The zero-order valence-electron chi connectivity index (χ0n) is 12.2. The summed E-state index contributed by atoms with van der Waals surface area (Å²) in [6.45, 7) is 1.72. The quantitative estimate of drug-likeness (QED) is 0.805. The number of nitrogens with one attached hydrogen (secondary N) is 1. The van der Waals surface area contributed by atoms with E-state index in [9.17, 15) is 14.7 Å². The van der Waals surface area contributed by atoms with Crippen molar-refractivity contribution in [2.45, 2.75) is 32.2 Å². The van der Waals surface area contributed by atoms with E-state index in [-0.39, 0.29) is 12.3 Å². The third-order valence-electron chi connectivity index (χ3n) is 3.05. The monoisotopic (exact) mass is 303 g/mol. The number of aromatic nitrogens is 2. The van der Waals surface area contributed by atoms with Gasteiger partial charge >= 0.3 is 5.97 Å². The molecule has 0 spiro atoms. The predicted octanol–water partition coefficient (Wildman–Crippen LogP) is 1.64. The SMILES string of the molecule is Cc1noc(CCCC(=O)N[C@H](C(=O)O)c2ccccc2)n1. The van der Waals surface area contributed by atoms with E-state index in [2.05, 4.69) is 15.5 Å². The molecular weight excluding hydrogens is 286 g/mol. The molecule has 1 amide bonds. The fourth-order valence-corrected chi connectivity index (χ4v) is 2.01. The zero-order valence-corrected chi connectivity index (χ0v) is 12.2. The summed E-state index contributed by atoms with van der Waals surface area (Å²) in [6, 6.07) is 7.54. The summed E-state index contributed by atoms with van der Waals surface area (Å²) in [5.74, 6) is -0.391. The van der Waals surface area contributed by atoms with Crippen LogP contribution in [0, 0.1) is 6.92 Å². The lowest BCUT2D eigenvalue weighted by Crippen LogP contribution is -2.33. The first-order chi connectivity index (χ1) is 10.6. The number of carboxylic acid groups (broad SMARTS) is 1. The maximum absolute atomic E-state index is 11.9. The van der Waals surface area contributed by atoms with Gasteiger partial charge in [-0.25, -0.2) is 4.79 Å². The number of amides is 1. The van der Waals surface area contributed by atoms with Gasteiger partial charge in [0.2, 0.25) is 11.8 Å². The van der Waals surface area contributed by atoms with Crippen LogP contribution < -0.4 is 5.32 Å². The normalized spacial score (nSPS) is 11.9. The molecule has 0 unspecified atom stereocenters. The van der Waals surface area contributed by atoms with Crippen molar-refractivity contribution in [3.63, 3.8) is 0 Å². The lowest BCUT2D eigenvalue weighted by atomic mass is 10.1. The fraction of sp³-hybridized carbons (Fsp3) is 0.333. The smallest absolute Gasteiger partial charge is 0.330 e. The molecular formula is C15H17N3O4. The third kappa shape index (κ3) is 4.41. The minimum Gasteiger partial charge on any atom is -0.479 e. The second-order valence-electron chi connectivity index (χ2n) is 4.84. The largest absolute Gasteiger partial charge is 0.479 e. The van der Waals surface area contributed by atoms with Crippen LogP contribution in [0.5, 0.6) is 0 Å². The van der Waals surface area contributed by atoms with Crippen LogP contribution >= 0.6 is 0 Å². The Morgan fingerprint density at radius 3 is 2.64 bits per heavy atom. The molecule has 0 aliphatic carbocycles. The molecule has 0 saturated heterocycles. The van der Waals surface area contributed by atoms with Crippen LogP contribution in [0.15, 0.2) is 34.9 Å². The summed E-state index contributed by atoms with van der Waals surface area (Å²) in [6.07, 6.45) is 1.18. The number of benzene rings is 1. The number of nitrogens with zero attached hydrogens (tertiary/aromatic N) is 2. The number of hydrogen-bond acceptors (Lipinski definition) is 5. The van der Waals surface area contributed by atoms with E-state index in [0.29, 0.717) is 30.1 Å². The van der Waals surface area contributed by atoms with Crippen molar-refractivity contribution in [3.05, 3.63) is 47.6 Å². The lowest BCUT2D eigenvalue weighted by Gasteiger charge is -2.14. The van der Waals surface area contributed by atoms with Crippen LogP contribution in [0.4, 0.5) is 0 Å². The van der Waals surface area contributed by atoms with E-state index in [1.165, 1.54) is 0 Å². The summed E-state index contributed by atoms with van der Waals surface area (Å²) in [4.78, 5) is 27.2. The van der Waals surface area contributed by atoms with Gasteiger partial charge < -0.3 is 14.9 Å². The minimum absolute atomic E-state index is 0.193. The van der Waals surface area contributed by atoms with Crippen molar-refractivity contribution in [3.8, 4) is 0 Å². The first-order valence-corrected chi connectivity index (χ1v) is 6.92. The average molecular weight is 303 g/mol. The minimum atomic E-state index is -1.09. The van der Waals surface area contributed by atoms with Gasteiger partial charge in [-0.2, -0.15) is 4.98 Å². The molecule has 0 fully saturated rings. The Bertz CT molecular complexity index is 639. The van der Waals surface area contributed by atoms with Gasteiger partial charge in [-0.05, 0) is 18.9 Å². The van der Waals surface area contributed by atoms with Crippen molar-refractivity contribution in [2.75, 3.05) is 0 Å². The molecule has 1 aromatic heterocycles. The van der Waals surface area contributed by atoms with E-state index in [1.54, 1.807) is 37.3 Å². The van der Waals surface area contributed by atoms with Gasteiger partial charge in [0.1, 0.15) is 0 Å². The molecule has 0 aliphatic rings. The van der Waals surface area contributed by atoms with E-state index < -0.39 is 12.0 Å². The van der Waals surface area contributed by atoms with E-state index in [4.69, 9.17) is 4.52 Å². The highest BCUT2D eigenvalue weighted by Crippen LogP contribution is 2.13. The second-order valence-corrected chi connectivity index (χ2v) is 4.84. The van der Waals surface area contributed by atoms with Crippen molar-refractivity contribution in [1.82, 2.24) is 15.5 Å².